The molecule has 0 fully saturated rings. The third-order valence-corrected chi connectivity index (χ3v) is 3.43. The number of pyridine rings is 1. The number of rotatable bonds is 5. The Morgan fingerprint density at radius 2 is 1.85 bits per heavy atom. The summed E-state index contributed by atoms with van der Waals surface area (Å²) in [4.78, 5) is 6.03. The van der Waals surface area contributed by atoms with Crippen molar-refractivity contribution >= 4 is 11.6 Å². The first-order valence-electron chi connectivity index (χ1n) is 6.72. The zero-order chi connectivity index (χ0) is 15.5. The van der Waals surface area contributed by atoms with E-state index in [0.717, 1.165) is 12.1 Å². The predicted molar refractivity (Wildman–Crippen MR) is 76.1 cm³/mol. The van der Waals surface area contributed by atoms with Gasteiger partial charge in [-0.25, -0.2) is 4.98 Å². The summed E-state index contributed by atoms with van der Waals surface area (Å²) in [6.45, 7) is 8.37. The van der Waals surface area contributed by atoms with Crippen molar-refractivity contribution in [3.8, 4) is 0 Å². The van der Waals surface area contributed by atoms with Crippen LogP contribution < -0.4 is 10.2 Å². The van der Waals surface area contributed by atoms with Crippen molar-refractivity contribution in [2.24, 2.45) is 5.92 Å². The van der Waals surface area contributed by atoms with Crippen molar-refractivity contribution in [1.82, 2.24) is 4.98 Å². The topological polar surface area (TPSA) is 28.2 Å². The standard InChI is InChI=1S/C14H22F3N3/c1-6-18-12-7-11(14(15,16)17)8-13(19-12)20(5)10(4)9(2)3/h7-10H,6H2,1-5H3,(H,18,19). The van der Waals surface area contributed by atoms with Gasteiger partial charge in [0.1, 0.15) is 11.6 Å². The smallest absolute Gasteiger partial charge is 0.370 e. The van der Waals surface area contributed by atoms with Gasteiger partial charge in [0.2, 0.25) is 0 Å². The van der Waals surface area contributed by atoms with Gasteiger partial charge in [0, 0.05) is 19.6 Å². The number of halogens is 3. The summed E-state index contributed by atoms with van der Waals surface area (Å²) in [5, 5.41) is 2.85. The third kappa shape index (κ3) is 4.02. The molecule has 0 saturated carbocycles. The maximum Gasteiger partial charge on any atom is 0.416 e. The van der Waals surface area contributed by atoms with Crippen LogP contribution in [0.25, 0.3) is 0 Å². The lowest BCUT2D eigenvalue weighted by atomic mass is 10.1. The summed E-state index contributed by atoms with van der Waals surface area (Å²) in [5.41, 5.74) is -0.679. The lowest BCUT2D eigenvalue weighted by Gasteiger charge is -2.29. The van der Waals surface area contributed by atoms with Gasteiger partial charge in [-0.05, 0) is 31.9 Å². The minimum atomic E-state index is -4.37. The Hall–Kier alpha value is -1.46. The fraction of sp³-hybridized carbons (Fsp3) is 0.643. The minimum Gasteiger partial charge on any atom is -0.370 e. The molecule has 0 aromatic carbocycles. The molecule has 1 aromatic rings. The highest BCUT2D eigenvalue weighted by Crippen LogP contribution is 2.33. The van der Waals surface area contributed by atoms with E-state index < -0.39 is 11.7 Å². The Balaban J connectivity index is 3.21. The number of hydrogen-bond donors (Lipinski definition) is 1. The molecule has 0 bridgehead atoms. The highest BCUT2D eigenvalue weighted by molar-refractivity contribution is 5.51. The quantitative estimate of drug-likeness (QED) is 0.887. The first kappa shape index (κ1) is 16.6. The van der Waals surface area contributed by atoms with Crippen LogP contribution in [0.4, 0.5) is 24.8 Å². The maximum atomic E-state index is 12.9. The van der Waals surface area contributed by atoms with Crippen LogP contribution in [0.1, 0.15) is 33.3 Å². The zero-order valence-electron chi connectivity index (χ0n) is 12.5. The SMILES string of the molecule is CCNc1cc(C(F)(F)F)cc(N(C)C(C)C(C)C)n1. The van der Waals surface area contributed by atoms with E-state index in [2.05, 4.69) is 10.3 Å². The Kier molecular flexibility index (Phi) is 5.25. The van der Waals surface area contributed by atoms with Gasteiger partial charge < -0.3 is 10.2 Å². The van der Waals surface area contributed by atoms with Crippen molar-refractivity contribution in [3.05, 3.63) is 17.7 Å². The maximum absolute atomic E-state index is 12.9. The molecule has 0 spiro atoms. The van der Waals surface area contributed by atoms with E-state index in [4.69, 9.17) is 0 Å². The second kappa shape index (κ2) is 6.33. The first-order valence-corrected chi connectivity index (χ1v) is 6.72. The third-order valence-electron chi connectivity index (χ3n) is 3.43. The van der Waals surface area contributed by atoms with Crippen LogP contribution in [-0.2, 0) is 6.18 Å². The molecule has 0 amide bonds. The molecule has 6 heteroatoms. The van der Waals surface area contributed by atoms with Crippen LogP contribution in [0.2, 0.25) is 0 Å². The van der Waals surface area contributed by atoms with E-state index in [-0.39, 0.29) is 11.9 Å². The fourth-order valence-corrected chi connectivity index (χ4v) is 1.79. The van der Waals surface area contributed by atoms with Crippen molar-refractivity contribution in [2.45, 2.75) is 39.9 Å². The predicted octanol–water partition coefficient (Wildman–Crippen LogP) is 4.01. The second-order valence-corrected chi connectivity index (χ2v) is 5.22. The summed E-state index contributed by atoms with van der Waals surface area (Å²) in [6, 6.07) is 2.24. The lowest BCUT2D eigenvalue weighted by Crippen LogP contribution is -2.34. The molecule has 1 heterocycles. The van der Waals surface area contributed by atoms with Gasteiger partial charge in [0.25, 0.3) is 0 Å². The van der Waals surface area contributed by atoms with Gasteiger partial charge in [0.15, 0.2) is 0 Å². The summed E-state index contributed by atoms with van der Waals surface area (Å²) >= 11 is 0. The normalized spacial score (nSPS) is 13.4. The van der Waals surface area contributed by atoms with Crippen molar-refractivity contribution < 1.29 is 13.2 Å². The molecule has 0 aliphatic carbocycles. The van der Waals surface area contributed by atoms with Crippen molar-refractivity contribution in [2.75, 3.05) is 23.8 Å². The fourth-order valence-electron chi connectivity index (χ4n) is 1.79. The van der Waals surface area contributed by atoms with Crippen LogP contribution in [0.15, 0.2) is 12.1 Å². The number of nitrogens with one attached hydrogen (secondary N) is 1. The molecule has 1 aromatic heterocycles. The van der Waals surface area contributed by atoms with E-state index in [9.17, 15) is 13.2 Å². The van der Waals surface area contributed by atoms with Gasteiger partial charge >= 0.3 is 6.18 Å². The van der Waals surface area contributed by atoms with Crippen LogP contribution in [0.5, 0.6) is 0 Å². The molecule has 1 rings (SSSR count). The monoisotopic (exact) mass is 289 g/mol. The minimum absolute atomic E-state index is 0.0976. The number of aromatic nitrogens is 1. The molecule has 3 nitrogen and oxygen atoms in total. The molecule has 0 saturated heterocycles. The molecule has 0 aliphatic heterocycles. The van der Waals surface area contributed by atoms with Gasteiger partial charge in [-0.3, -0.25) is 0 Å². The summed E-state index contributed by atoms with van der Waals surface area (Å²) < 4.78 is 38.8. The molecule has 1 atom stereocenters. The summed E-state index contributed by atoms with van der Waals surface area (Å²) in [5.74, 6) is 0.899. The number of alkyl halides is 3. The molecule has 1 unspecified atom stereocenters. The second-order valence-electron chi connectivity index (χ2n) is 5.22. The van der Waals surface area contributed by atoms with Crippen LogP contribution >= 0.6 is 0 Å². The van der Waals surface area contributed by atoms with Gasteiger partial charge in [0.05, 0.1) is 5.56 Å². The molecule has 114 valence electrons. The molecule has 1 N–H and O–H groups in total. The molecular formula is C14H22F3N3. The zero-order valence-corrected chi connectivity index (χ0v) is 12.5. The van der Waals surface area contributed by atoms with E-state index in [1.807, 2.05) is 27.7 Å². The molecule has 0 aliphatic rings. The lowest BCUT2D eigenvalue weighted by molar-refractivity contribution is -0.137. The van der Waals surface area contributed by atoms with E-state index in [1.54, 1.807) is 11.9 Å². The first-order chi connectivity index (χ1) is 9.16. The van der Waals surface area contributed by atoms with Crippen molar-refractivity contribution in [1.29, 1.82) is 0 Å². The van der Waals surface area contributed by atoms with Gasteiger partial charge in [-0.15, -0.1) is 0 Å². The Morgan fingerprint density at radius 3 is 2.30 bits per heavy atom. The van der Waals surface area contributed by atoms with Crippen molar-refractivity contribution in [3.63, 3.8) is 0 Å². The average Bonchev–Trinajstić information content (AvgIpc) is 2.35. The highest BCUT2D eigenvalue weighted by atomic mass is 19.4. The number of anilines is 2. The van der Waals surface area contributed by atoms with Gasteiger partial charge in [-0.1, -0.05) is 13.8 Å². The molecule has 20 heavy (non-hydrogen) atoms. The number of hydrogen-bond acceptors (Lipinski definition) is 3. The Bertz CT molecular complexity index is 444. The summed E-state index contributed by atoms with van der Waals surface area (Å²) in [7, 11) is 1.77. The van der Waals surface area contributed by atoms with Crippen LogP contribution in [-0.4, -0.2) is 24.6 Å². The number of nitrogens with zero attached hydrogens (tertiary/aromatic N) is 2. The van der Waals surface area contributed by atoms with Crippen LogP contribution in [0, 0.1) is 5.92 Å². The van der Waals surface area contributed by atoms with Crippen LogP contribution in [0.3, 0.4) is 0 Å². The highest BCUT2D eigenvalue weighted by Gasteiger charge is 2.32. The Labute approximate surface area is 118 Å². The van der Waals surface area contributed by atoms with E-state index in [0.29, 0.717) is 18.3 Å². The van der Waals surface area contributed by atoms with Gasteiger partial charge in [-0.2, -0.15) is 13.2 Å². The van der Waals surface area contributed by atoms with E-state index >= 15 is 0 Å². The molecule has 0 radical (unpaired) electrons. The average molecular weight is 289 g/mol. The molecular weight excluding hydrogens is 267 g/mol. The largest absolute Gasteiger partial charge is 0.416 e. The van der Waals surface area contributed by atoms with E-state index in [1.165, 1.54) is 0 Å². The Morgan fingerprint density at radius 1 is 1.25 bits per heavy atom. The summed E-state index contributed by atoms with van der Waals surface area (Å²) in [6.07, 6.45) is -4.37.